The Bertz CT molecular complexity index is 1500. The average Bonchev–Trinajstić information content (AvgIpc) is 3.71. The molecule has 2 N–H and O–H groups in total. The quantitative estimate of drug-likeness (QED) is 0.215. The summed E-state index contributed by atoms with van der Waals surface area (Å²) in [5.41, 5.74) is 0.786. The number of hydrogen-bond acceptors (Lipinski definition) is 7. The molecule has 3 aliphatic heterocycles. The number of aliphatic hydroxyl groups is 1. The first-order valence-corrected chi connectivity index (χ1v) is 16.4. The highest BCUT2D eigenvalue weighted by Gasteiger charge is 2.74. The highest BCUT2D eigenvalue weighted by atomic mass is 35.5. The minimum absolute atomic E-state index is 0.0921. The number of carbonyl (C=O) groups excluding carboxylic acids is 4. The number of fused-ring (bicyclic) bond motifs is 1. The van der Waals surface area contributed by atoms with E-state index in [9.17, 15) is 24.3 Å². The number of halogens is 1. The van der Waals surface area contributed by atoms with Crippen LogP contribution in [0.25, 0.3) is 0 Å². The number of anilines is 1. The Morgan fingerprint density at radius 2 is 1.96 bits per heavy atom. The van der Waals surface area contributed by atoms with Gasteiger partial charge in [-0.15, -0.1) is 13.2 Å². The number of hydrogen-bond donors (Lipinski definition) is 2. The van der Waals surface area contributed by atoms with E-state index in [0.717, 1.165) is 11.1 Å². The van der Waals surface area contributed by atoms with Crippen molar-refractivity contribution in [1.82, 2.24) is 10.2 Å². The lowest BCUT2D eigenvalue weighted by Gasteiger charge is -2.37. The maximum atomic E-state index is 14.7. The van der Waals surface area contributed by atoms with Crippen molar-refractivity contribution >= 4 is 41.0 Å². The summed E-state index contributed by atoms with van der Waals surface area (Å²) >= 11 is 6.62. The Morgan fingerprint density at radius 1 is 1.19 bits per heavy atom. The summed E-state index contributed by atoms with van der Waals surface area (Å²) in [6.45, 7) is 9.32. The summed E-state index contributed by atoms with van der Waals surface area (Å²) in [4.78, 5) is 58.5. The van der Waals surface area contributed by atoms with E-state index in [1.807, 2.05) is 43.3 Å². The normalized spacial score (nSPS) is 24.8. The number of allylic oxidation sites excluding steroid dienone is 1. The van der Waals surface area contributed by atoms with Gasteiger partial charge in [0.2, 0.25) is 11.8 Å². The zero-order valence-electron chi connectivity index (χ0n) is 26.6. The topological polar surface area (TPSA) is 125 Å². The largest absolute Gasteiger partial charge is 0.463 e. The predicted octanol–water partition coefficient (Wildman–Crippen LogP) is 4.29. The van der Waals surface area contributed by atoms with Crippen molar-refractivity contribution in [2.24, 2.45) is 11.8 Å². The van der Waals surface area contributed by atoms with Gasteiger partial charge in [-0.25, -0.2) is 0 Å². The molecule has 250 valence electrons. The van der Waals surface area contributed by atoms with Crippen LogP contribution < -0.4 is 10.2 Å². The molecule has 0 aromatic heterocycles. The molecule has 1 spiro atoms. The molecule has 0 aliphatic carbocycles. The number of ether oxygens (including phenoxy) is 2. The lowest BCUT2D eigenvalue weighted by atomic mass is 9.70. The van der Waals surface area contributed by atoms with Gasteiger partial charge in [-0.05, 0) is 49.8 Å². The van der Waals surface area contributed by atoms with Crippen LogP contribution in [0.15, 0.2) is 73.8 Å². The van der Waals surface area contributed by atoms with Gasteiger partial charge >= 0.3 is 5.97 Å². The standard InChI is InChI=1S/C36H42ClN3O7/c1-4-6-16-28(42)46-22-26(24-13-8-7-9-14-24)38-33(43)29-27-17-18-36(47-27)30(29)34(44)40(20-11-21-41)32(36)35(45)39(19-5-2)31-23(3)12-10-15-25(31)37/h4-5,7-10,12-15,26-27,29-30,32,41H,1-2,6,11,16-22H2,3H3,(H,38,43)/t26-,27+,29-,30-,32+,36-/m0/s1. The number of carbonyl (C=O) groups is 4. The molecular weight excluding hydrogens is 622 g/mol. The summed E-state index contributed by atoms with van der Waals surface area (Å²) < 4.78 is 12.1. The first-order chi connectivity index (χ1) is 22.7. The summed E-state index contributed by atoms with van der Waals surface area (Å²) in [6.07, 6.45) is 4.44. The van der Waals surface area contributed by atoms with Crippen LogP contribution in [-0.2, 0) is 28.7 Å². The molecule has 3 amide bonds. The maximum Gasteiger partial charge on any atom is 0.306 e. The van der Waals surface area contributed by atoms with Gasteiger partial charge in [0.1, 0.15) is 18.2 Å². The SMILES string of the molecule is C=CCCC(=O)OC[C@H](NC(=O)[C@@H]1[C@H]2C(=O)N(CCCO)[C@H](C(=O)N(CC=C)c3c(C)cccc3Cl)[C@]23CC[C@H]1O3)c1ccccc1. The van der Waals surface area contributed by atoms with E-state index >= 15 is 0 Å². The second-order valence-electron chi connectivity index (χ2n) is 12.3. The lowest BCUT2D eigenvalue weighted by Crippen LogP contribution is -2.57. The number of para-hydroxylation sites is 1. The molecule has 3 aliphatic rings. The fraction of sp³-hybridized carbons (Fsp3) is 0.444. The van der Waals surface area contributed by atoms with Gasteiger partial charge in [0.05, 0.1) is 34.7 Å². The lowest BCUT2D eigenvalue weighted by molar-refractivity contribution is -0.146. The van der Waals surface area contributed by atoms with E-state index in [0.29, 0.717) is 30.0 Å². The fourth-order valence-corrected chi connectivity index (χ4v) is 7.71. The van der Waals surface area contributed by atoms with Crippen molar-refractivity contribution in [2.45, 2.75) is 62.8 Å². The van der Waals surface area contributed by atoms with Gasteiger partial charge in [-0.1, -0.05) is 66.2 Å². The van der Waals surface area contributed by atoms with Gasteiger partial charge in [0, 0.05) is 26.1 Å². The van der Waals surface area contributed by atoms with Crippen molar-refractivity contribution in [3.63, 3.8) is 0 Å². The highest BCUT2D eigenvalue weighted by Crippen LogP contribution is 2.59. The average molecular weight is 664 g/mol. The van der Waals surface area contributed by atoms with Crippen LogP contribution in [0, 0.1) is 18.8 Å². The monoisotopic (exact) mass is 663 g/mol. The summed E-state index contributed by atoms with van der Waals surface area (Å²) in [6, 6.07) is 12.8. The zero-order valence-corrected chi connectivity index (χ0v) is 27.4. The van der Waals surface area contributed by atoms with E-state index in [2.05, 4.69) is 18.5 Å². The highest BCUT2D eigenvalue weighted by molar-refractivity contribution is 6.34. The number of esters is 1. The zero-order chi connectivity index (χ0) is 33.7. The fourth-order valence-electron chi connectivity index (χ4n) is 7.39. The van der Waals surface area contributed by atoms with Crippen molar-refractivity contribution in [3.05, 3.63) is 90.0 Å². The number of rotatable bonds is 15. The number of nitrogens with one attached hydrogen (secondary N) is 1. The van der Waals surface area contributed by atoms with E-state index in [4.69, 9.17) is 21.1 Å². The van der Waals surface area contributed by atoms with Crippen LogP contribution >= 0.6 is 11.6 Å². The third-order valence-electron chi connectivity index (χ3n) is 9.41. The minimum atomic E-state index is -1.25. The number of amides is 3. The molecular formula is C36H42ClN3O7. The summed E-state index contributed by atoms with van der Waals surface area (Å²) in [5.74, 6) is -3.36. The molecule has 3 heterocycles. The van der Waals surface area contributed by atoms with E-state index in [-0.39, 0.29) is 51.0 Å². The Labute approximate surface area is 280 Å². The van der Waals surface area contributed by atoms with Gasteiger partial charge in [0.15, 0.2) is 0 Å². The van der Waals surface area contributed by atoms with E-state index < -0.39 is 47.5 Å². The summed E-state index contributed by atoms with van der Waals surface area (Å²) in [5, 5.41) is 13.1. The molecule has 0 unspecified atom stereocenters. The second-order valence-corrected chi connectivity index (χ2v) is 12.7. The Kier molecular flexibility index (Phi) is 10.8. The predicted molar refractivity (Wildman–Crippen MR) is 177 cm³/mol. The van der Waals surface area contributed by atoms with Crippen LogP contribution in [0.4, 0.5) is 5.69 Å². The van der Waals surface area contributed by atoms with Gasteiger partial charge in [-0.3, -0.25) is 19.2 Å². The van der Waals surface area contributed by atoms with Crippen molar-refractivity contribution in [1.29, 1.82) is 0 Å². The molecule has 11 heteroatoms. The molecule has 3 fully saturated rings. The van der Waals surface area contributed by atoms with Gasteiger partial charge in [0.25, 0.3) is 5.91 Å². The minimum Gasteiger partial charge on any atom is -0.463 e. The molecule has 2 aromatic rings. The number of benzene rings is 2. The molecule has 0 saturated carbocycles. The van der Waals surface area contributed by atoms with Crippen LogP contribution in [0.2, 0.25) is 5.02 Å². The molecule has 5 rings (SSSR count). The second kappa shape index (κ2) is 14.8. The number of nitrogens with zero attached hydrogens (tertiary/aromatic N) is 2. The Morgan fingerprint density at radius 3 is 2.64 bits per heavy atom. The third kappa shape index (κ3) is 6.59. The first-order valence-electron chi connectivity index (χ1n) is 16.1. The van der Waals surface area contributed by atoms with Gasteiger partial charge < -0.3 is 29.7 Å². The molecule has 47 heavy (non-hydrogen) atoms. The van der Waals surface area contributed by atoms with Crippen molar-refractivity contribution in [2.75, 3.05) is 31.2 Å². The molecule has 6 atom stereocenters. The van der Waals surface area contributed by atoms with E-state index in [1.54, 1.807) is 24.3 Å². The van der Waals surface area contributed by atoms with Gasteiger partial charge in [-0.2, -0.15) is 0 Å². The summed E-state index contributed by atoms with van der Waals surface area (Å²) in [7, 11) is 0. The van der Waals surface area contributed by atoms with Crippen LogP contribution in [0.5, 0.6) is 0 Å². The number of aliphatic hydroxyl groups excluding tert-OH is 1. The molecule has 2 bridgehead atoms. The molecule has 10 nitrogen and oxygen atoms in total. The molecule has 3 saturated heterocycles. The third-order valence-corrected chi connectivity index (χ3v) is 9.72. The molecule has 2 aromatic carbocycles. The number of likely N-dealkylation sites (tertiary alicyclic amines) is 1. The Balaban J connectivity index is 1.46. The smallest absolute Gasteiger partial charge is 0.306 e. The van der Waals surface area contributed by atoms with Crippen LogP contribution in [-0.4, -0.2) is 77.7 Å². The first kappa shape index (κ1) is 34.3. The Hall–Kier alpha value is -3.99. The maximum absolute atomic E-state index is 14.7. The van der Waals surface area contributed by atoms with Crippen molar-refractivity contribution < 1.29 is 33.8 Å². The van der Waals surface area contributed by atoms with Crippen LogP contribution in [0.3, 0.4) is 0 Å². The number of aryl methyl sites for hydroxylation is 1. The molecule has 0 radical (unpaired) electrons. The van der Waals surface area contributed by atoms with Crippen molar-refractivity contribution in [3.8, 4) is 0 Å². The van der Waals surface area contributed by atoms with Crippen LogP contribution in [0.1, 0.15) is 49.3 Å². The van der Waals surface area contributed by atoms with E-state index in [1.165, 1.54) is 9.80 Å².